The van der Waals surface area contributed by atoms with E-state index in [1.165, 1.54) is 12.3 Å². The van der Waals surface area contributed by atoms with Gasteiger partial charge in [-0.2, -0.15) is 5.26 Å². The van der Waals surface area contributed by atoms with Crippen LogP contribution in [0.15, 0.2) is 16.7 Å². The van der Waals surface area contributed by atoms with Crippen molar-refractivity contribution in [2.24, 2.45) is 0 Å². The largest absolute Gasteiger partial charge is 0.462 e. The molecular weight excluding hydrogens is 248 g/mol. The molecule has 0 radical (unpaired) electrons. The lowest BCUT2D eigenvalue weighted by Crippen LogP contribution is -2.06. The van der Waals surface area contributed by atoms with E-state index in [1.807, 2.05) is 6.07 Å². The Morgan fingerprint density at radius 2 is 2.50 bits per heavy atom. The van der Waals surface area contributed by atoms with Gasteiger partial charge in [0.25, 0.3) is 0 Å². The van der Waals surface area contributed by atoms with E-state index in [0.717, 1.165) is 0 Å². The molecule has 72 valence electrons. The smallest absolute Gasteiger partial charge is 0.340 e. The quantitative estimate of drug-likeness (QED) is 0.757. The predicted octanol–water partition coefficient (Wildman–Crippen LogP) is 1.89. The molecule has 0 unspecified atom stereocenters. The number of carbonyl (C=O) groups excluding carboxylic acids is 1. The minimum Gasteiger partial charge on any atom is -0.462 e. The number of esters is 1. The van der Waals surface area contributed by atoms with Crippen molar-refractivity contribution in [3.8, 4) is 6.07 Å². The van der Waals surface area contributed by atoms with Crippen LogP contribution in [-0.2, 0) is 4.74 Å². The summed E-state index contributed by atoms with van der Waals surface area (Å²) >= 11 is 3.17. The summed E-state index contributed by atoms with van der Waals surface area (Å²) in [6.07, 6.45) is 1.32. The molecule has 0 aliphatic rings. The second-order valence-electron chi connectivity index (χ2n) is 2.38. The highest BCUT2D eigenvalue weighted by atomic mass is 79.9. The van der Waals surface area contributed by atoms with Crippen LogP contribution in [0.4, 0.5) is 0 Å². The summed E-state index contributed by atoms with van der Waals surface area (Å²) in [5.41, 5.74) is 0.579. The molecule has 0 saturated heterocycles. The van der Waals surface area contributed by atoms with E-state index in [4.69, 9.17) is 10.00 Å². The maximum absolute atomic E-state index is 11.3. The molecule has 14 heavy (non-hydrogen) atoms. The van der Waals surface area contributed by atoms with Crippen LogP contribution < -0.4 is 0 Å². The average molecular weight is 255 g/mol. The second-order valence-corrected chi connectivity index (χ2v) is 3.24. The van der Waals surface area contributed by atoms with E-state index in [1.54, 1.807) is 6.92 Å². The number of nitriles is 1. The van der Waals surface area contributed by atoms with Crippen LogP contribution in [0, 0.1) is 11.3 Å². The van der Waals surface area contributed by atoms with Crippen molar-refractivity contribution in [2.75, 3.05) is 6.61 Å². The maximum Gasteiger partial charge on any atom is 0.340 e. The molecule has 0 aromatic carbocycles. The van der Waals surface area contributed by atoms with Gasteiger partial charge in [-0.15, -0.1) is 0 Å². The van der Waals surface area contributed by atoms with E-state index < -0.39 is 5.97 Å². The standard InChI is InChI=1S/C9H7BrN2O2/c1-2-14-9(13)7-5-12-6(4-11)3-8(7)10/h3,5H,2H2,1H3. The van der Waals surface area contributed by atoms with Gasteiger partial charge in [-0.25, -0.2) is 9.78 Å². The van der Waals surface area contributed by atoms with Crippen molar-refractivity contribution >= 4 is 21.9 Å². The lowest BCUT2D eigenvalue weighted by molar-refractivity contribution is 0.0525. The number of rotatable bonds is 2. The molecule has 0 N–H and O–H groups in total. The zero-order valence-corrected chi connectivity index (χ0v) is 9.04. The molecule has 0 amide bonds. The van der Waals surface area contributed by atoms with Gasteiger partial charge in [0.1, 0.15) is 11.8 Å². The SMILES string of the molecule is CCOC(=O)c1cnc(C#N)cc1Br. The summed E-state index contributed by atoms with van der Waals surface area (Å²) in [4.78, 5) is 15.1. The molecule has 0 fully saturated rings. The van der Waals surface area contributed by atoms with E-state index in [2.05, 4.69) is 20.9 Å². The Labute approximate surface area is 89.6 Å². The minimum absolute atomic E-state index is 0.255. The van der Waals surface area contributed by atoms with Gasteiger partial charge >= 0.3 is 5.97 Å². The van der Waals surface area contributed by atoms with Crippen molar-refractivity contribution in [2.45, 2.75) is 6.92 Å². The van der Waals surface area contributed by atoms with Crippen LogP contribution >= 0.6 is 15.9 Å². The summed E-state index contributed by atoms with van der Waals surface area (Å²) < 4.78 is 5.31. The first-order chi connectivity index (χ1) is 6.69. The second kappa shape index (κ2) is 4.72. The third kappa shape index (κ3) is 2.30. The summed E-state index contributed by atoms with van der Waals surface area (Å²) in [5, 5.41) is 8.55. The summed E-state index contributed by atoms with van der Waals surface area (Å²) in [7, 11) is 0. The van der Waals surface area contributed by atoms with Gasteiger partial charge in [0.05, 0.1) is 12.2 Å². The van der Waals surface area contributed by atoms with Gasteiger partial charge in [-0.3, -0.25) is 0 Å². The molecule has 1 rings (SSSR count). The van der Waals surface area contributed by atoms with E-state index in [-0.39, 0.29) is 5.69 Å². The van der Waals surface area contributed by atoms with Gasteiger partial charge in [-0.05, 0) is 28.9 Å². The first-order valence-electron chi connectivity index (χ1n) is 3.91. The van der Waals surface area contributed by atoms with Gasteiger partial charge in [0.2, 0.25) is 0 Å². The Kier molecular flexibility index (Phi) is 3.60. The molecule has 1 aromatic heterocycles. The molecule has 4 nitrogen and oxygen atoms in total. The number of nitrogens with zero attached hydrogens (tertiary/aromatic N) is 2. The van der Waals surface area contributed by atoms with Crippen molar-refractivity contribution in [3.05, 3.63) is 28.0 Å². The molecule has 0 atom stereocenters. The van der Waals surface area contributed by atoms with Crippen LogP contribution in [0.3, 0.4) is 0 Å². The number of carbonyl (C=O) groups is 1. The van der Waals surface area contributed by atoms with Gasteiger partial charge in [0.15, 0.2) is 0 Å². The van der Waals surface area contributed by atoms with E-state index in [0.29, 0.717) is 16.6 Å². The fraction of sp³-hybridized carbons (Fsp3) is 0.222. The highest BCUT2D eigenvalue weighted by molar-refractivity contribution is 9.10. The third-order valence-electron chi connectivity index (χ3n) is 1.46. The van der Waals surface area contributed by atoms with Crippen LogP contribution in [0.2, 0.25) is 0 Å². The van der Waals surface area contributed by atoms with Crippen molar-refractivity contribution in [1.29, 1.82) is 5.26 Å². The number of hydrogen-bond acceptors (Lipinski definition) is 4. The lowest BCUT2D eigenvalue weighted by Gasteiger charge is -2.02. The van der Waals surface area contributed by atoms with Crippen LogP contribution in [0.1, 0.15) is 23.0 Å². The topological polar surface area (TPSA) is 63.0 Å². The lowest BCUT2D eigenvalue weighted by atomic mass is 10.2. The summed E-state index contributed by atoms with van der Waals surface area (Å²) in [5.74, 6) is -0.448. The Morgan fingerprint density at radius 1 is 1.79 bits per heavy atom. The predicted molar refractivity (Wildman–Crippen MR) is 52.6 cm³/mol. The Bertz CT molecular complexity index is 398. The molecular formula is C9H7BrN2O2. The number of ether oxygens (including phenoxy) is 1. The normalized spacial score (nSPS) is 9.21. The summed E-state index contributed by atoms with van der Waals surface area (Å²) in [6.45, 7) is 2.04. The van der Waals surface area contributed by atoms with Crippen molar-refractivity contribution in [3.63, 3.8) is 0 Å². The molecule has 0 aliphatic carbocycles. The van der Waals surface area contributed by atoms with Crippen molar-refractivity contribution < 1.29 is 9.53 Å². The molecule has 0 aliphatic heterocycles. The van der Waals surface area contributed by atoms with Crippen LogP contribution in [-0.4, -0.2) is 17.6 Å². The number of halogens is 1. The van der Waals surface area contributed by atoms with Gasteiger partial charge in [-0.1, -0.05) is 0 Å². The molecule has 0 bridgehead atoms. The Balaban J connectivity index is 3.01. The number of aromatic nitrogens is 1. The molecule has 1 heterocycles. The monoisotopic (exact) mass is 254 g/mol. The molecule has 0 spiro atoms. The highest BCUT2D eigenvalue weighted by Crippen LogP contribution is 2.17. The Morgan fingerprint density at radius 3 is 3.00 bits per heavy atom. The molecule has 5 heteroatoms. The third-order valence-corrected chi connectivity index (χ3v) is 2.12. The van der Waals surface area contributed by atoms with E-state index in [9.17, 15) is 4.79 Å². The van der Waals surface area contributed by atoms with Crippen LogP contribution in [0.25, 0.3) is 0 Å². The van der Waals surface area contributed by atoms with Crippen LogP contribution in [0.5, 0.6) is 0 Å². The first-order valence-corrected chi connectivity index (χ1v) is 4.71. The van der Waals surface area contributed by atoms with Gasteiger partial charge in [0, 0.05) is 10.7 Å². The highest BCUT2D eigenvalue weighted by Gasteiger charge is 2.11. The average Bonchev–Trinajstić information content (AvgIpc) is 2.17. The summed E-state index contributed by atoms with van der Waals surface area (Å²) in [6, 6.07) is 3.35. The fourth-order valence-corrected chi connectivity index (χ4v) is 1.33. The van der Waals surface area contributed by atoms with Crippen molar-refractivity contribution in [1.82, 2.24) is 4.98 Å². The van der Waals surface area contributed by atoms with E-state index >= 15 is 0 Å². The maximum atomic E-state index is 11.3. The zero-order chi connectivity index (χ0) is 10.6. The number of hydrogen-bond donors (Lipinski definition) is 0. The molecule has 0 saturated carbocycles. The first kappa shape index (κ1) is 10.7. The minimum atomic E-state index is -0.448. The Hall–Kier alpha value is -1.41. The fourth-order valence-electron chi connectivity index (χ4n) is 0.851. The number of pyridine rings is 1. The molecule has 1 aromatic rings. The zero-order valence-electron chi connectivity index (χ0n) is 7.45. The van der Waals surface area contributed by atoms with Gasteiger partial charge < -0.3 is 4.74 Å².